The lowest BCUT2D eigenvalue weighted by Crippen LogP contribution is -2.02. The molecule has 0 aliphatic rings. The van der Waals surface area contributed by atoms with E-state index in [4.69, 9.17) is 5.11 Å². The zero-order valence-corrected chi connectivity index (χ0v) is 13.9. The van der Waals surface area contributed by atoms with E-state index in [1.165, 1.54) is 6.07 Å². The first kappa shape index (κ1) is 16.6. The van der Waals surface area contributed by atoms with Crippen molar-refractivity contribution in [2.24, 2.45) is 0 Å². The molecule has 1 heterocycles. The maximum atomic E-state index is 10.8. The summed E-state index contributed by atoms with van der Waals surface area (Å²) >= 11 is 0. The quantitative estimate of drug-likeness (QED) is 0.504. The number of H-pyrrole nitrogens is 1. The number of phenols is 1. The molecule has 25 heavy (non-hydrogen) atoms. The van der Waals surface area contributed by atoms with Crippen LogP contribution in [-0.4, -0.2) is 21.2 Å². The van der Waals surface area contributed by atoms with E-state index in [2.05, 4.69) is 16.4 Å². The molecule has 3 aromatic rings. The molecule has 4 N–H and O–H groups in total. The Kier molecular flexibility index (Phi) is 4.75. The predicted molar refractivity (Wildman–Crippen MR) is 99.6 cm³/mol. The number of aliphatic carboxylic acids is 1. The maximum Gasteiger partial charge on any atom is 0.307 e. The molecule has 1 aromatic heterocycles. The van der Waals surface area contributed by atoms with Gasteiger partial charge in [-0.05, 0) is 30.2 Å². The van der Waals surface area contributed by atoms with Crippen LogP contribution < -0.4 is 5.32 Å². The predicted octanol–water partition coefficient (Wildman–Crippen LogP) is 4.36. The topological polar surface area (TPSA) is 85.3 Å². The van der Waals surface area contributed by atoms with Crippen molar-refractivity contribution in [3.05, 3.63) is 65.9 Å². The Morgan fingerprint density at radius 1 is 1.24 bits per heavy atom. The van der Waals surface area contributed by atoms with Crippen LogP contribution in [0.5, 0.6) is 5.75 Å². The molecular weight excluding hydrogens is 316 g/mol. The number of para-hydroxylation sites is 1. The van der Waals surface area contributed by atoms with E-state index in [1.54, 1.807) is 12.1 Å². The number of allylic oxidation sites excluding steroid dienone is 1. The van der Waals surface area contributed by atoms with Gasteiger partial charge in [-0.2, -0.15) is 0 Å². The van der Waals surface area contributed by atoms with Crippen molar-refractivity contribution in [1.82, 2.24) is 4.98 Å². The largest absolute Gasteiger partial charge is 0.506 e. The highest BCUT2D eigenvalue weighted by atomic mass is 16.4. The lowest BCUT2D eigenvalue weighted by Gasteiger charge is -2.13. The van der Waals surface area contributed by atoms with Crippen molar-refractivity contribution in [2.75, 3.05) is 5.32 Å². The molecule has 0 spiro atoms. The van der Waals surface area contributed by atoms with E-state index in [9.17, 15) is 9.90 Å². The minimum absolute atomic E-state index is 0.0283. The Balaban J connectivity index is 1.93. The number of hydrogen-bond donors (Lipinski definition) is 4. The van der Waals surface area contributed by atoms with Crippen LogP contribution in [0.3, 0.4) is 0 Å². The number of aromatic nitrogens is 1. The molecule has 0 atom stereocenters. The molecule has 0 unspecified atom stereocenters. The van der Waals surface area contributed by atoms with Gasteiger partial charge in [0, 0.05) is 28.4 Å². The summed E-state index contributed by atoms with van der Waals surface area (Å²) in [6, 6.07) is 12.9. The number of carboxylic acid groups (broad SMARTS) is 1. The summed E-state index contributed by atoms with van der Waals surface area (Å²) in [6.45, 7) is 2.05. The van der Waals surface area contributed by atoms with Gasteiger partial charge in [0.15, 0.2) is 0 Å². The van der Waals surface area contributed by atoms with Crippen molar-refractivity contribution in [3.63, 3.8) is 0 Å². The molecule has 0 radical (unpaired) electrons. The smallest absolute Gasteiger partial charge is 0.307 e. The molecule has 0 aliphatic heterocycles. The van der Waals surface area contributed by atoms with Gasteiger partial charge >= 0.3 is 5.97 Å². The van der Waals surface area contributed by atoms with Gasteiger partial charge in [0.2, 0.25) is 0 Å². The van der Waals surface area contributed by atoms with Crippen LogP contribution in [0, 0.1) is 0 Å². The zero-order chi connectivity index (χ0) is 17.8. The summed E-state index contributed by atoms with van der Waals surface area (Å²) in [5.41, 5.74) is 4.05. The number of aromatic hydroxyl groups is 1. The molecule has 0 amide bonds. The number of fused-ring (bicyclic) bond motifs is 1. The minimum Gasteiger partial charge on any atom is -0.506 e. The van der Waals surface area contributed by atoms with Gasteiger partial charge in [-0.25, -0.2) is 0 Å². The molecule has 0 saturated carbocycles. The number of nitrogens with one attached hydrogen (secondary N) is 2. The Bertz CT molecular complexity index is 941. The molecular formula is C20H20N2O3. The number of carboxylic acids is 1. The van der Waals surface area contributed by atoms with Crippen molar-refractivity contribution >= 4 is 28.3 Å². The molecule has 128 valence electrons. The summed E-state index contributed by atoms with van der Waals surface area (Å²) in [5.74, 6) is -0.897. The monoisotopic (exact) mass is 336 g/mol. The average molecular weight is 336 g/mol. The van der Waals surface area contributed by atoms with Gasteiger partial charge in [0.25, 0.3) is 0 Å². The Morgan fingerprint density at radius 3 is 2.76 bits per heavy atom. The second-order valence-corrected chi connectivity index (χ2v) is 5.82. The van der Waals surface area contributed by atoms with Crippen LogP contribution in [0.4, 0.5) is 5.69 Å². The van der Waals surface area contributed by atoms with Gasteiger partial charge in [-0.15, -0.1) is 0 Å². The van der Waals surface area contributed by atoms with E-state index >= 15 is 0 Å². The van der Waals surface area contributed by atoms with E-state index < -0.39 is 5.97 Å². The molecule has 0 saturated heterocycles. The molecule has 0 fully saturated rings. The molecule has 0 aliphatic carbocycles. The van der Waals surface area contributed by atoms with Crippen LogP contribution in [0.15, 0.2) is 54.7 Å². The van der Waals surface area contributed by atoms with Gasteiger partial charge in [-0.3, -0.25) is 4.79 Å². The third-order valence-corrected chi connectivity index (χ3v) is 3.97. The minimum atomic E-state index is -0.925. The highest BCUT2D eigenvalue weighted by Crippen LogP contribution is 2.31. The van der Waals surface area contributed by atoms with Crippen LogP contribution >= 0.6 is 0 Å². The first-order chi connectivity index (χ1) is 12.1. The fraction of sp³-hybridized carbons (Fsp3) is 0.150. The number of rotatable bonds is 6. The third-order valence-electron chi connectivity index (χ3n) is 3.97. The molecule has 0 bridgehead atoms. The molecule has 5 heteroatoms. The number of aromatic amines is 1. The fourth-order valence-corrected chi connectivity index (χ4v) is 2.84. The maximum absolute atomic E-state index is 10.8. The fourth-order valence-electron chi connectivity index (χ4n) is 2.84. The van der Waals surface area contributed by atoms with Crippen molar-refractivity contribution in [1.29, 1.82) is 0 Å². The van der Waals surface area contributed by atoms with Crippen molar-refractivity contribution in [3.8, 4) is 5.75 Å². The van der Waals surface area contributed by atoms with Crippen molar-refractivity contribution in [2.45, 2.75) is 19.8 Å². The summed E-state index contributed by atoms with van der Waals surface area (Å²) in [7, 11) is 0. The normalized spacial score (nSPS) is 11.6. The van der Waals surface area contributed by atoms with E-state index in [-0.39, 0.29) is 12.2 Å². The van der Waals surface area contributed by atoms with Crippen LogP contribution in [0.1, 0.15) is 24.5 Å². The number of benzene rings is 2. The van der Waals surface area contributed by atoms with Gasteiger partial charge < -0.3 is 20.5 Å². The SMILES string of the molecule is CC/C=C(/Nc1ccc(CC(=O)O)cc1O)c1c[nH]c2ccccc12. The second kappa shape index (κ2) is 7.13. The highest BCUT2D eigenvalue weighted by molar-refractivity contribution is 5.95. The summed E-state index contributed by atoms with van der Waals surface area (Å²) in [4.78, 5) is 14.0. The lowest BCUT2D eigenvalue weighted by molar-refractivity contribution is -0.136. The molecule has 5 nitrogen and oxygen atoms in total. The van der Waals surface area contributed by atoms with Gasteiger partial charge in [-0.1, -0.05) is 37.3 Å². The molecule has 2 aromatic carbocycles. The zero-order valence-electron chi connectivity index (χ0n) is 13.9. The number of phenolic OH excluding ortho intramolecular Hbond substituents is 1. The second-order valence-electron chi connectivity index (χ2n) is 5.82. The van der Waals surface area contributed by atoms with Crippen LogP contribution in [0.2, 0.25) is 0 Å². The summed E-state index contributed by atoms with van der Waals surface area (Å²) < 4.78 is 0. The lowest BCUT2D eigenvalue weighted by atomic mass is 10.1. The summed E-state index contributed by atoms with van der Waals surface area (Å²) in [6.07, 6.45) is 4.71. The van der Waals surface area contributed by atoms with Crippen molar-refractivity contribution < 1.29 is 15.0 Å². The van der Waals surface area contributed by atoms with Gasteiger partial charge in [0.1, 0.15) is 5.75 Å². The van der Waals surface area contributed by atoms with E-state index in [1.807, 2.05) is 37.4 Å². The first-order valence-electron chi connectivity index (χ1n) is 8.16. The number of anilines is 1. The third kappa shape index (κ3) is 3.66. The standard InChI is InChI=1S/C20H20N2O3/c1-2-5-17(15-12-21-16-7-4-3-6-14(15)16)22-18-9-8-13(10-19(18)23)11-20(24)25/h3-10,12,21-23H,2,11H2,1H3,(H,24,25)/b17-5+. The Morgan fingerprint density at radius 2 is 2.04 bits per heavy atom. The van der Waals surface area contributed by atoms with E-state index in [0.29, 0.717) is 11.3 Å². The van der Waals surface area contributed by atoms with Gasteiger partial charge in [0.05, 0.1) is 12.1 Å². The number of hydrogen-bond acceptors (Lipinski definition) is 3. The average Bonchev–Trinajstić information content (AvgIpc) is 3.00. The Hall–Kier alpha value is -3.21. The highest BCUT2D eigenvalue weighted by Gasteiger charge is 2.11. The number of carbonyl (C=O) groups is 1. The van der Waals surface area contributed by atoms with E-state index in [0.717, 1.165) is 28.6 Å². The Labute approximate surface area is 145 Å². The van der Waals surface area contributed by atoms with Crippen LogP contribution in [0.25, 0.3) is 16.6 Å². The molecule has 3 rings (SSSR count). The first-order valence-corrected chi connectivity index (χ1v) is 8.16. The summed E-state index contributed by atoms with van der Waals surface area (Å²) in [5, 5.41) is 23.5. The van der Waals surface area contributed by atoms with Crippen LogP contribution in [-0.2, 0) is 11.2 Å².